The predicted octanol–water partition coefficient (Wildman–Crippen LogP) is 4.72. The highest BCUT2D eigenvalue weighted by Crippen LogP contribution is 2.38. The normalized spacial score (nSPS) is 13.6. The van der Waals surface area contributed by atoms with Gasteiger partial charge in [0.05, 0.1) is 5.02 Å². The molecule has 4 rings (SSSR count). The van der Waals surface area contributed by atoms with Crippen LogP contribution in [0.4, 0.5) is 0 Å². The Balaban J connectivity index is 1.60. The molecule has 6 heteroatoms. The number of rotatable bonds is 5. The highest BCUT2D eigenvalue weighted by molar-refractivity contribution is 7.21. The Bertz CT molecular complexity index is 1010. The standard InChI is InChI=1S/C21H19ClN2O2S/c1-23-20(25)14-8-6-13(7-9-14)12-24(15-10-11-15)21(26)19-18(22)16-4-2-3-5-17(16)27-19/h2-9,15H,10-12H2,1H3,(H,23,25). The van der Waals surface area contributed by atoms with Crippen molar-refractivity contribution in [3.63, 3.8) is 0 Å². The van der Waals surface area contributed by atoms with Crippen molar-refractivity contribution >= 4 is 44.8 Å². The van der Waals surface area contributed by atoms with Crippen LogP contribution in [0.1, 0.15) is 38.4 Å². The van der Waals surface area contributed by atoms with E-state index in [0.717, 1.165) is 28.5 Å². The largest absolute Gasteiger partial charge is 0.355 e. The van der Waals surface area contributed by atoms with E-state index in [1.165, 1.54) is 11.3 Å². The number of carbonyl (C=O) groups is 2. The second-order valence-electron chi connectivity index (χ2n) is 6.68. The molecule has 2 aromatic carbocycles. The molecule has 138 valence electrons. The van der Waals surface area contributed by atoms with Crippen LogP contribution in [-0.2, 0) is 6.54 Å². The molecule has 2 amide bonds. The first kappa shape index (κ1) is 18.0. The summed E-state index contributed by atoms with van der Waals surface area (Å²) < 4.78 is 1.02. The number of amides is 2. The van der Waals surface area contributed by atoms with Crippen LogP contribution in [0.3, 0.4) is 0 Å². The Kier molecular flexibility index (Phi) is 4.89. The third-order valence-electron chi connectivity index (χ3n) is 4.77. The zero-order valence-electron chi connectivity index (χ0n) is 14.9. The lowest BCUT2D eigenvalue weighted by Crippen LogP contribution is -2.32. The van der Waals surface area contributed by atoms with E-state index in [9.17, 15) is 9.59 Å². The van der Waals surface area contributed by atoms with Gasteiger partial charge in [0.1, 0.15) is 4.88 Å². The molecule has 1 N–H and O–H groups in total. The van der Waals surface area contributed by atoms with Crippen molar-refractivity contribution in [1.82, 2.24) is 10.2 Å². The van der Waals surface area contributed by atoms with Crippen LogP contribution in [0, 0.1) is 0 Å². The fourth-order valence-corrected chi connectivity index (χ4v) is 4.61. The molecule has 0 saturated heterocycles. The molecule has 27 heavy (non-hydrogen) atoms. The quantitative estimate of drug-likeness (QED) is 0.676. The Labute approximate surface area is 166 Å². The SMILES string of the molecule is CNC(=O)c1ccc(CN(C(=O)c2sc3ccccc3c2Cl)C2CC2)cc1. The lowest BCUT2D eigenvalue weighted by atomic mass is 10.1. The van der Waals surface area contributed by atoms with Gasteiger partial charge >= 0.3 is 0 Å². The van der Waals surface area contributed by atoms with Crippen LogP contribution in [-0.4, -0.2) is 29.8 Å². The molecule has 1 fully saturated rings. The zero-order valence-corrected chi connectivity index (χ0v) is 16.4. The molecule has 0 radical (unpaired) electrons. The number of nitrogens with one attached hydrogen (secondary N) is 1. The minimum absolute atomic E-state index is 0.0147. The summed E-state index contributed by atoms with van der Waals surface area (Å²) in [5.74, 6) is -0.132. The van der Waals surface area contributed by atoms with Gasteiger partial charge in [-0.1, -0.05) is 41.9 Å². The number of carbonyl (C=O) groups excluding carboxylic acids is 2. The number of fused-ring (bicyclic) bond motifs is 1. The Morgan fingerprint density at radius 1 is 1.15 bits per heavy atom. The van der Waals surface area contributed by atoms with Crippen molar-refractivity contribution in [3.8, 4) is 0 Å². The van der Waals surface area contributed by atoms with E-state index in [2.05, 4.69) is 5.32 Å². The zero-order chi connectivity index (χ0) is 19.0. The number of halogens is 1. The molecule has 1 saturated carbocycles. The first-order valence-electron chi connectivity index (χ1n) is 8.87. The van der Waals surface area contributed by atoms with Crippen molar-refractivity contribution in [2.75, 3.05) is 7.05 Å². The van der Waals surface area contributed by atoms with E-state index in [1.54, 1.807) is 19.2 Å². The van der Waals surface area contributed by atoms with E-state index < -0.39 is 0 Å². The maximum Gasteiger partial charge on any atom is 0.266 e. The molecule has 0 aliphatic heterocycles. The maximum absolute atomic E-state index is 13.2. The maximum atomic E-state index is 13.2. The summed E-state index contributed by atoms with van der Waals surface area (Å²) in [5, 5.41) is 4.08. The first-order chi connectivity index (χ1) is 13.1. The fourth-order valence-electron chi connectivity index (χ4n) is 3.14. The second kappa shape index (κ2) is 7.33. The summed E-state index contributed by atoms with van der Waals surface area (Å²) in [6, 6.07) is 15.5. The molecular formula is C21H19ClN2O2S. The van der Waals surface area contributed by atoms with Crippen LogP contribution in [0.25, 0.3) is 10.1 Å². The van der Waals surface area contributed by atoms with Crippen LogP contribution in [0.5, 0.6) is 0 Å². The van der Waals surface area contributed by atoms with Gasteiger partial charge in [0.15, 0.2) is 0 Å². The van der Waals surface area contributed by atoms with Gasteiger partial charge in [-0.25, -0.2) is 0 Å². The molecule has 3 aromatic rings. The molecule has 1 aliphatic carbocycles. The fraction of sp³-hybridized carbons (Fsp3) is 0.238. The van der Waals surface area contributed by atoms with Crippen molar-refractivity contribution in [2.24, 2.45) is 0 Å². The molecule has 0 unspecified atom stereocenters. The van der Waals surface area contributed by atoms with Gasteiger partial charge in [-0.2, -0.15) is 0 Å². The summed E-state index contributed by atoms with van der Waals surface area (Å²) in [5.41, 5.74) is 1.61. The number of hydrogen-bond acceptors (Lipinski definition) is 3. The second-order valence-corrected chi connectivity index (χ2v) is 8.11. The topological polar surface area (TPSA) is 49.4 Å². The number of nitrogens with zero attached hydrogens (tertiary/aromatic N) is 1. The van der Waals surface area contributed by atoms with Gasteiger partial charge < -0.3 is 10.2 Å². The van der Waals surface area contributed by atoms with Gasteiger partial charge in [-0.05, 0) is 36.6 Å². The highest BCUT2D eigenvalue weighted by atomic mass is 35.5. The van der Waals surface area contributed by atoms with Crippen LogP contribution in [0.2, 0.25) is 5.02 Å². The molecule has 1 heterocycles. The van der Waals surface area contributed by atoms with Gasteiger partial charge in [-0.15, -0.1) is 11.3 Å². The number of hydrogen-bond donors (Lipinski definition) is 1. The van der Waals surface area contributed by atoms with Crippen molar-refractivity contribution in [2.45, 2.75) is 25.4 Å². The summed E-state index contributed by atoms with van der Waals surface area (Å²) in [7, 11) is 1.61. The van der Waals surface area contributed by atoms with Crippen molar-refractivity contribution in [1.29, 1.82) is 0 Å². The summed E-state index contributed by atoms with van der Waals surface area (Å²) in [6.45, 7) is 0.516. The molecule has 0 atom stereocenters. The molecule has 0 bridgehead atoms. The van der Waals surface area contributed by atoms with Gasteiger partial charge in [-0.3, -0.25) is 9.59 Å². The third kappa shape index (κ3) is 3.57. The van der Waals surface area contributed by atoms with Crippen LogP contribution >= 0.6 is 22.9 Å². The monoisotopic (exact) mass is 398 g/mol. The van der Waals surface area contributed by atoms with Gasteiger partial charge in [0, 0.05) is 35.3 Å². The third-order valence-corrected chi connectivity index (χ3v) is 6.44. The first-order valence-corrected chi connectivity index (χ1v) is 10.1. The number of thiophene rings is 1. The van der Waals surface area contributed by atoms with E-state index >= 15 is 0 Å². The Morgan fingerprint density at radius 2 is 1.85 bits per heavy atom. The molecular weight excluding hydrogens is 380 g/mol. The number of benzene rings is 2. The molecule has 1 aliphatic rings. The molecule has 0 spiro atoms. The predicted molar refractivity (Wildman–Crippen MR) is 110 cm³/mol. The average molecular weight is 399 g/mol. The van der Waals surface area contributed by atoms with Crippen LogP contribution in [0.15, 0.2) is 48.5 Å². The van der Waals surface area contributed by atoms with E-state index in [0.29, 0.717) is 22.0 Å². The Morgan fingerprint density at radius 3 is 2.48 bits per heavy atom. The van der Waals surface area contributed by atoms with Crippen molar-refractivity contribution in [3.05, 3.63) is 69.6 Å². The lowest BCUT2D eigenvalue weighted by molar-refractivity contribution is 0.0734. The molecule has 4 nitrogen and oxygen atoms in total. The van der Waals surface area contributed by atoms with E-state index in [4.69, 9.17) is 11.6 Å². The van der Waals surface area contributed by atoms with Crippen LogP contribution < -0.4 is 5.32 Å². The van der Waals surface area contributed by atoms with Gasteiger partial charge in [0.25, 0.3) is 11.8 Å². The average Bonchev–Trinajstić information content (AvgIpc) is 3.49. The van der Waals surface area contributed by atoms with Crippen molar-refractivity contribution < 1.29 is 9.59 Å². The summed E-state index contributed by atoms with van der Waals surface area (Å²) in [4.78, 5) is 27.4. The minimum Gasteiger partial charge on any atom is -0.355 e. The Hall–Kier alpha value is -2.37. The van der Waals surface area contributed by atoms with E-state index in [-0.39, 0.29) is 17.9 Å². The lowest BCUT2D eigenvalue weighted by Gasteiger charge is -2.22. The minimum atomic E-state index is -0.117. The summed E-state index contributed by atoms with van der Waals surface area (Å²) >= 11 is 7.96. The van der Waals surface area contributed by atoms with E-state index in [1.807, 2.05) is 41.3 Å². The molecule has 1 aromatic heterocycles. The highest BCUT2D eigenvalue weighted by Gasteiger charge is 2.34. The smallest absolute Gasteiger partial charge is 0.266 e. The van der Waals surface area contributed by atoms with Gasteiger partial charge in [0.2, 0.25) is 0 Å². The summed E-state index contributed by atoms with van der Waals surface area (Å²) in [6.07, 6.45) is 2.04.